The van der Waals surface area contributed by atoms with E-state index < -0.39 is 18.7 Å². The van der Waals surface area contributed by atoms with Gasteiger partial charge in [-0.15, -0.1) is 0 Å². The molecule has 0 radical (unpaired) electrons. The number of halogens is 2. The van der Waals surface area contributed by atoms with Gasteiger partial charge in [0.25, 0.3) is 0 Å². The zero-order valence-corrected chi connectivity index (χ0v) is 13.0. The lowest BCUT2D eigenvalue weighted by Gasteiger charge is -2.14. The van der Waals surface area contributed by atoms with Crippen molar-refractivity contribution in [3.63, 3.8) is 0 Å². The molecule has 0 saturated carbocycles. The third-order valence-electron chi connectivity index (χ3n) is 3.23. The van der Waals surface area contributed by atoms with E-state index in [4.69, 9.17) is 0 Å². The number of benzene rings is 2. The lowest BCUT2D eigenvalue weighted by Crippen LogP contribution is -2.32. The summed E-state index contributed by atoms with van der Waals surface area (Å²) >= 11 is 0. The minimum absolute atomic E-state index is 0.0503. The Balaban J connectivity index is 1.86. The van der Waals surface area contributed by atoms with E-state index in [1.54, 1.807) is 18.2 Å². The second-order valence-corrected chi connectivity index (χ2v) is 5.17. The van der Waals surface area contributed by atoms with Gasteiger partial charge in [0.2, 0.25) is 0 Å². The number of alkyl halides is 2. The topological polar surface area (TPSA) is 70.6 Å². The molecule has 1 atom stereocenters. The quantitative estimate of drug-likeness (QED) is 0.757. The first-order chi connectivity index (χ1) is 11.4. The van der Waals surface area contributed by atoms with Gasteiger partial charge < -0.3 is 20.5 Å². The number of urea groups is 1. The minimum Gasteiger partial charge on any atom is -0.435 e. The van der Waals surface area contributed by atoms with Gasteiger partial charge in [0.05, 0.1) is 6.10 Å². The van der Waals surface area contributed by atoms with Crippen molar-refractivity contribution in [2.75, 3.05) is 11.9 Å². The number of carbonyl (C=O) groups excluding carboxylic acids is 1. The van der Waals surface area contributed by atoms with Crippen LogP contribution in [0.4, 0.5) is 19.3 Å². The van der Waals surface area contributed by atoms with Crippen LogP contribution in [0.2, 0.25) is 0 Å². The summed E-state index contributed by atoms with van der Waals surface area (Å²) in [4.78, 5) is 11.8. The number of amides is 2. The van der Waals surface area contributed by atoms with Crippen LogP contribution in [0.15, 0.2) is 48.5 Å². The molecule has 1 unspecified atom stereocenters. The van der Waals surface area contributed by atoms with Crippen LogP contribution in [-0.2, 0) is 0 Å². The minimum atomic E-state index is -2.93. The lowest BCUT2D eigenvalue weighted by molar-refractivity contribution is -0.0499. The molecule has 0 aliphatic rings. The van der Waals surface area contributed by atoms with Crippen LogP contribution >= 0.6 is 0 Å². The lowest BCUT2D eigenvalue weighted by atomic mass is 10.1. The van der Waals surface area contributed by atoms with Crippen LogP contribution in [-0.4, -0.2) is 24.3 Å². The third-order valence-corrected chi connectivity index (χ3v) is 3.23. The predicted molar refractivity (Wildman–Crippen MR) is 86.2 cm³/mol. The third kappa shape index (κ3) is 5.51. The van der Waals surface area contributed by atoms with Crippen LogP contribution in [0.3, 0.4) is 0 Å². The highest BCUT2D eigenvalue weighted by Gasteiger charge is 2.12. The fourth-order valence-electron chi connectivity index (χ4n) is 2.02. The van der Waals surface area contributed by atoms with E-state index in [1.807, 2.05) is 19.1 Å². The molecule has 3 N–H and O–H groups in total. The Morgan fingerprint density at radius 3 is 2.58 bits per heavy atom. The normalized spacial score (nSPS) is 11.9. The van der Waals surface area contributed by atoms with Crippen molar-refractivity contribution >= 4 is 11.7 Å². The van der Waals surface area contributed by atoms with Crippen molar-refractivity contribution in [1.82, 2.24) is 5.32 Å². The van der Waals surface area contributed by atoms with Gasteiger partial charge in [0, 0.05) is 12.2 Å². The summed E-state index contributed by atoms with van der Waals surface area (Å²) in [7, 11) is 0. The molecule has 0 aliphatic heterocycles. The average molecular weight is 336 g/mol. The zero-order valence-electron chi connectivity index (χ0n) is 13.0. The molecule has 5 nitrogen and oxygen atoms in total. The van der Waals surface area contributed by atoms with Gasteiger partial charge in [-0.3, -0.25) is 0 Å². The van der Waals surface area contributed by atoms with Crippen molar-refractivity contribution in [3.8, 4) is 5.75 Å². The van der Waals surface area contributed by atoms with E-state index in [0.29, 0.717) is 11.3 Å². The molecule has 2 rings (SSSR count). The van der Waals surface area contributed by atoms with E-state index in [2.05, 4.69) is 15.4 Å². The maximum Gasteiger partial charge on any atom is 0.387 e. The van der Waals surface area contributed by atoms with E-state index in [9.17, 15) is 18.7 Å². The predicted octanol–water partition coefficient (Wildman–Crippen LogP) is 3.45. The Morgan fingerprint density at radius 1 is 1.21 bits per heavy atom. The number of aryl methyl sites for hydroxylation is 1. The number of aliphatic hydroxyl groups excluding tert-OH is 1. The number of nitrogens with one attached hydrogen (secondary N) is 2. The van der Waals surface area contributed by atoms with Gasteiger partial charge in [-0.05, 0) is 36.8 Å². The summed E-state index contributed by atoms with van der Waals surface area (Å²) in [5, 5.41) is 15.2. The summed E-state index contributed by atoms with van der Waals surface area (Å²) in [5.74, 6) is -0.0503. The number of hydrogen-bond donors (Lipinski definition) is 3. The number of rotatable bonds is 6. The van der Waals surface area contributed by atoms with Crippen molar-refractivity contribution in [2.45, 2.75) is 19.6 Å². The molecular weight excluding hydrogens is 318 g/mol. The molecular formula is C17H18F2N2O3. The van der Waals surface area contributed by atoms with Gasteiger partial charge >= 0.3 is 12.6 Å². The van der Waals surface area contributed by atoms with Gasteiger partial charge in [0.1, 0.15) is 5.75 Å². The van der Waals surface area contributed by atoms with E-state index in [-0.39, 0.29) is 12.3 Å². The molecule has 2 aromatic carbocycles. The first-order valence-electron chi connectivity index (χ1n) is 7.28. The second kappa shape index (κ2) is 8.26. The van der Waals surface area contributed by atoms with Crippen LogP contribution in [0.5, 0.6) is 5.75 Å². The fraction of sp³-hybridized carbons (Fsp3) is 0.235. The highest BCUT2D eigenvalue weighted by molar-refractivity contribution is 5.89. The molecule has 0 fully saturated rings. The molecule has 2 amide bonds. The Bertz CT molecular complexity index is 678. The largest absolute Gasteiger partial charge is 0.435 e. The second-order valence-electron chi connectivity index (χ2n) is 5.17. The van der Waals surface area contributed by atoms with E-state index >= 15 is 0 Å². The number of anilines is 1. The summed E-state index contributed by atoms with van der Waals surface area (Å²) in [6, 6.07) is 12.5. The summed E-state index contributed by atoms with van der Waals surface area (Å²) in [6.45, 7) is -1.07. The molecule has 0 spiro atoms. The molecule has 0 heterocycles. The SMILES string of the molecule is Cc1ccc(NC(=O)NCC(O)c2cccc(OC(F)F)c2)cc1. The molecule has 0 aromatic heterocycles. The molecule has 0 bridgehead atoms. The highest BCUT2D eigenvalue weighted by atomic mass is 19.3. The van der Waals surface area contributed by atoms with E-state index in [0.717, 1.165) is 5.56 Å². The summed E-state index contributed by atoms with van der Waals surface area (Å²) < 4.78 is 28.7. The highest BCUT2D eigenvalue weighted by Crippen LogP contribution is 2.20. The Morgan fingerprint density at radius 2 is 1.92 bits per heavy atom. The molecule has 7 heteroatoms. The van der Waals surface area contributed by atoms with Gasteiger partial charge in [-0.1, -0.05) is 29.8 Å². The van der Waals surface area contributed by atoms with Crippen LogP contribution in [0.1, 0.15) is 17.2 Å². The average Bonchev–Trinajstić information content (AvgIpc) is 2.54. The van der Waals surface area contributed by atoms with Crippen LogP contribution in [0, 0.1) is 6.92 Å². The van der Waals surface area contributed by atoms with Gasteiger partial charge in [0.15, 0.2) is 0 Å². The zero-order chi connectivity index (χ0) is 17.5. The fourth-order valence-corrected chi connectivity index (χ4v) is 2.02. The summed E-state index contributed by atoms with van der Waals surface area (Å²) in [5.41, 5.74) is 2.06. The molecule has 24 heavy (non-hydrogen) atoms. The summed E-state index contributed by atoms with van der Waals surface area (Å²) in [6.07, 6.45) is -1.05. The Hall–Kier alpha value is -2.67. The maximum absolute atomic E-state index is 12.2. The monoisotopic (exact) mass is 336 g/mol. The van der Waals surface area contributed by atoms with Crippen molar-refractivity contribution in [2.24, 2.45) is 0 Å². The number of hydrogen-bond acceptors (Lipinski definition) is 3. The molecule has 0 saturated heterocycles. The first kappa shape index (κ1) is 17.7. The Labute approximate surface area is 138 Å². The van der Waals surface area contributed by atoms with Crippen LogP contribution in [0.25, 0.3) is 0 Å². The Kier molecular flexibility index (Phi) is 6.08. The number of ether oxygens (including phenoxy) is 1. The maximum atomic E-state index is 12.2. The van der Waals surface area contributed by atoms with Crippen molar-refractivity contribution in [1.29, 1.82) is 0 Å². The molecule has 0 aliphatic carbocycles. The smallest absolute Gasteiger partial charge is 0.387 e. The standard InChI is InChI=1S/C17H18F2N2O3/c1-11-5-7-13(8-6-11)21-17(23)20-10-15(22)12-3-2-4-14(9-12)24-16(18)19/h2-9,15-16,22H,10H2,1H3,(H2,20,21,23). The molecule has 128 valence electrons. The number of carbonyl (C=O) groups is 1. The molecule has 2 aromatic rings. The van der Waals surface area contributed by atoms with Crippen LogP contribution < -0.4 is 15.4 Å². The van der Waals surface area contributed by atoms with Crippen molar-refractivity contribution in [3.05, 3.63) is 59.7 Å². The van der Waals surface area contributed by atoms with Gasteiger partial charge in [-0.2, -0.15) is 8.78 Å². The van der Waals surface area contributed by atoms with E-state index in [1.165, 1.54) is 18.2 Å². The van der Waals surface area contributed by atoms with Gasteiger partial charge in [-0.25, -0.2) is 4.79 Å². The van der Waals surface area contributed by atoms with Crippen molar-refractivity contribution < 1.29 is 23.4 Å². The number of aliphatic hydroxyl groups is 1. The first-order valence-corrected chi connectivity index (χ1v) is 7.28.